The molecule has 1 saturated carbocycles. The molecule has 0 radical (unpaired) electrons. The van der Waals surface area contributed by atoms with Gasteiger partial charge in [-0.15, -0.1) is 11.3 Å². The van der Waals surface area contributed by atoms with Gasteiger partial charge in [0.15, 0.2) is 0 Å². The Bertz CT molecular complexity index is 367. The zero-order valence-electron chi connectivity index (χ0n) is 8.75. The number of hydrogen-bond acceptors (Lipinski definition) is 3. The Morgan fingerprint density at radius 1 is 1.53 bits per heavy atom. The van der Waals surface area contributed by atoms with Crippen LogP contribution in [0.1, 0.15) is 52.4 Å². The van der Waals surface area contributed by atoms with Crippen LogP contribution in [-0.2, 0) is 0 Å². The first-order chi connectivity index (χ1) is 7.24. The van der Waals surface area contributed by atoms with Gasteiger partial charge in [0.25, 0.3) is 5.91 Å². The summed E-state index contributed by atoms with van der Waals surface area (Å²) in [6.07, 6.45) is 4.84. The van der Waals surface area contributed by atoms with E-state index in [1.807, 2.05) is 6.92 Å². The van der Waals surface area contributed by atoms with Gasteiger partial charge in [0.1, 0.15) is 0 Å². The number of nitrogens with one attached hydrogen (secondary N) is 1. The summed E-state index contributed by atoms with van der Waals surface area (Å²) in [4.78, 5) is 12.5. The Balaban J connectivity index is 2.34. The van der Waals surface area contributed by atoms with Gasteiger partial charge in [-0.3, -0.25) is 10.0 Å². The number of carbonyl (C=O) groups excluding carboxylic acids is 1. The lowest BCUT2D eigenvalue weighted by molar-refractivity contribution is 0.0704. The molecule has 1 aromatic heterocycles. The van der Waals surface area contributed by atoms with Gasteiger partial charge >= 0.3 is 0 Å². The minimum absolute atomic E-state index is 0.365. The average molecular weight is 225 g/mol. The molecule has 1 heterocycles. The van der Waals surface area contributed by atoms with Crippen LogP contribution in [0.15, 0.2) is 5.38 Å². The molecule has 1 fully saturated rings. The van der Waals surface area contributed by atoms with Crippen LogP contribution in [0.25, 0.3) is 0 Å². The highest BCUT2D eigenvalue weighted by Crippen LogP contribution is 2.38. The second-order valence-corrected chi connectivity index (χ2v) is 5.13. The molecule has 1 aliphatic carbocycles. The van der Waals surface area contributed by atoms with E-state index in [9.17, 15) is 4.79 Å². The maximum Gasteiger partial charge on any atom is 0.276 e. The zero-order valence-corrected chi connectivity index (χ0v) is 9.56. The zero-order chi connectivity index (χ0) is 10.8. The molecule has 0 atom stereocenters. The van der Waals surface area contributed by atoms with E-state index in [0.717, 1.165) is 10.4 Å². The van der Waals surface area contributed by atoms with Crippen LogP contribution in [0, 0.1) is 6.92 Å². The third-order valence-corrected chi connectivity index (χ3v) is 4.06. The lowest BCUT2D eigenvalue weighted by atomic mass is 9.95. The van der Waals surface area contributed by atoms with Crippen molar-refractivity contribution in [1.82, 2.24) is 5.48 Å². The van der Waals surface area contributed by atoms with E-state index in [2.05, 4.69) is 5.38 Å². The largest absolute Gasteiger partial charge is 0.288 e. The molecule has 0 aromatic carbocycles. The van der Waals surface area contributed by atoms with Crippen molar-refractivity contribution in [2.45, 2.75) is 38.5 Å². The van der Waals surface area contributed by atoms with Crippen LogP contribution in [0.5, 0.6) is 0 Å². The molecule has 3 nitrogen and oxygen atoms in total. The van der Waals surface area contributed by atoms with Gasteiger partial charge in [-0.1, -0.05) is 12.8 Å². The van der Waals surface area contributed by atoms with Crippen LogP contribution >= 0.6 is 11.3 Å². The summed E-state index contributed by atoms with van der Waals surface area (Å²) >= 11 is 1.59. The van der Waals surface area contributed by atoms with E-state index in [0.29, 0.717) is 11.5 Å². The fraction of sp³-hybridized carbons (Fsp3) is 0.545. The highest BCUT2D eigenvalue weighted by atomic mass is 32.1. The Morgan fingerprint density at radius 3 is 2.80 bits per heavy atom. The van der Waals surface area contributed by atoms with Crippen LogP contribution in [0.2, 0.25) is 0 Å². The fourth-order valence-corrected chi connectivity index (χ4v) is 3.30. The molecule has 0 saturated heterocycles. The van der Waals surface area contributed by atoms with Gasteiger partial charge < -0.3 is 0 Å². The van der Waals surface area contributed by atoms with Crippen molar-refractivity contribution in [2.24, 2.45) is 0 Å². The van der Waals surface area contributed by atoms with Crippen LogP contribution < -0.4 is 5.48 Å². The maximum atomic E-state index is 11.5. The number of amides is 1. The Hall–Kier alpha value is -0.870. The van der Waals surface area contributed by atoms with Crippen molar-refractivity contribution in [3.63, 3.8) is 0 Å². The first-order valence-corrected chi connectivity index (χ1v) is 6.14. The van der Waals surface area contributed by atoms with Gasteiger partial charge in [-0.25, -0.2) is 5.48 Å². The standard InChI is InChI=1S/C11H15NO2S/c1-7-10(11(13)12-14)9(6-15-7)8-4-2-3-5-8/h6,8,14H,2-5H2,1H3,(H,12,13). The topological polar surface area (TPSA) is 49.3 Å². The summed E-state index contributed by atoms with van der Waals surface area (Å²) < 4.78 is 0. The van der Waals surface area contributed by atoms with E-state index in [1.54, 1.807) is 16.8 Å². The lowest BCUT2D eigenvalue weighted by Gasteiger charge is -2.10. The lowest BCUT2D eigenvalue weighted by Crippen LogP contribution is -2.20. The molecule has 0 spiro atoms. The van der Waals surface area contributed by atoms with Crippen LogP contribution in [0.4, 0.5) is 0 Å². The van der Waals surface area contributed by atoms with E-state index in [1.165, 1.54) is 25.7 Å². The molecule has 0 bridgehead atoms. The summed E-state index contributed by atoms with van der Waals surface area (Å²) in [6.45, 7) is 1.92. The van der Waals surface area contributed by atoms with Crippen molar-refractivity contribution < 1.29 is 10.0 Å². The second kappa shape index (κ2) is 4.33. The van der Waals surface area contributed by atoms with Crippen LogP contribution in [-0.4, -0.2) is 11.1 Å². The van der Waals surface area contributed by atoms with E-state index < -0.39 is 0 Å². The summed E-state index contributed by atoms with van der Waals surface area (Å²) in [6, 6.07) is 0. The highest BCUT2D eigenvalue weighted by Gasteiger charge is 2.25. The monoisotopic (exact) mass is 225 g/mol. The van der Waals surface area contributed by atoms with Gasteiger partial charge in [0.2, 0.25) is 0 Å². The first-order valence-electron chi connectivity index (χ1n) is 5.26. The molecule has 2 rings (SSSR count). The molecule has 1 aliphatic rings. The van der Waals surface area contributed by atoms with Gasteiger partial charge in [-0.2, -0.15) is 0 Å². The van der Waals surface area contributed by atoms with Crippen LogP contribution in [0.3, 0.4) is 0 Å². The number of rotatable bonds is 2. The Labute approximate surface area is 93.1 Å². The molecule has 4 heteroatoms. The molecule has 0 aliphatic heterocycles. The third-order valence-electron chi connectivity index (χ3n) is 3.13. The normalized spacial score (nSPS) is 16.9. The maximum absolute atomic E-state index is 11.5. The number of hydrogen-bond donors (Lipinski definition) is 2. The summed E-state index contributed by atoms with van der Waals surface area (Å²) in [5, 5.41) is 10.8. The van der Waals surface area contributed by atoms with Crippen molar-refractivity contribution in [2.75, 3.05) is 0 Å². The van der Waals surface area contributed by atoms with Gasteiger partial charge in [-0.05, 0) is 36.6 Å². The molecular weight excluding hydrogens is 210 g/mol. The third kappa shape index (κ3) is 1.92. The Morgan fingerprint density at radius 2 is 2.20 bits per heavy atom. The minimum Gasteiger partial charge on any atom is -0.288 e. The predicted octanol–water partition coefficient (Wildman–Crippen LogP) is 2.83. The summed E-state index contributed by atoms with van der Waals surface area (Å²) in [7, 11) is 0. The summed E-state index contributed by atoms with van der Waals surface area (Å²) in [5.74, 6) is 0.151. The molecule has 1 amide bonds. The SMILES string of the molecule is Cc1scc(C2CCCC2)c1C(=O)NO. The molecular formula is C11H15NO2S. The molecule has 15 heavy (non-hydrogen) atoms. The summed E-state index contributed by atoms with van der Waals surface area (Å²) in [5.41, 5.74) is 3.56. The van der Waals surface area contributed by atoms with Crippen molar-refractivity contribution in [1.29, 1.82) is 0 Å². The highest BCUT2D eigenvalue weighted by molar-refractivity contribution is 7.10. The van der Waals surface area contributed by atoms with E-state index in [4.69, 9.17) is 5.21 Å². The quantitative estimate of drug-likeness (QED) is 0.600. The molecule has 82 valence electrons. The first kappa shape index (κ1) is 10.6. The van der Waals surface area contributed by atoms with Crippen molar-refractivity contribution >= 4 is 17.2 Å². The van der Waals surface area contributed by atoms with Crippen molar-refractivity contribution in [3.8, 4) is 0 Å². The second-order valence-electron chi connectivity index (χ2n) is 4.04. The number of aryl methyl sites for hydroxylation is 1. The van der Waals surface area contributed by atoms with E-state index >= 15 is 0 Å². The molecule has 0 unspecified atom stereocenters. The minimum atomic E-state index is -0.365. The van der Waals surface area contributed by atoms with Gasteiger partial charge in [0, 0.05) is 4.88 Å². The van der Waals surface area contributed by atoms with E-state index in [-0.39, 0.29) is 5.91 Å². The molecule has 1 aromatic rings. The van der Waals surface area contributed by atoms with Gasteiger partial charge in [0.05, 0.1) is 5.56 Å². The predicted molar refractivity (Wildman–Crippen MR) is 59.5 cm³/mol. The smallest absolute Gasteiger partial charge is 0.276 e. The average Bonchev–Trinajstić information content (AvgIpc) is 2.85. The van der Waals surface area contributed by atoms with Crippen molar-refractivity contribution in [3.05, 3.63) is 21.4 Å². The number of carbonyl (C=O) groups is 1. The fourth-order valence-electron chi connectivity index (χ4n) is 2.36. The Kier molecular flexibility index (Phi) is 3.07. The number of thiophene rings is 1. The number of hydroxylamine groups is 1. The molecule has 2 N–H and O–H groups in total.